The second-order valence-electron chi connectivity index (χ2n) is 23.4. The van der Waals surface area contributed by atoms with Crippen LogP contribution >= 0.6 is 128 Å². The summed E-state index contributed by atoms with van der Waals surface area (Å²) in [5.41, 5.74) is 9.37. The van der Waals surface area contributed by atoms with Crippen molar-refractivity contribution < 1.29 is 60.4 Å². The number of carboxylic acid groups (broad SMARTS) is 1. The summed E-state index contributed by atoms with van der Waals surface area (Å²) in [5.74, 6) is -0.905. The summed E-state index contributed by atoms with van der Waals surface area (Å²) in [5, 5.41) is 39.7. The Hall–Kier alpha value is -6.62. The molecule has 0 unspecified atom stereocenters. The number of hydrogen-bond acceptors (Lipinski definition) is 15. The van der Waals surface area contributed by atoms with Crippen molar-refractivity contribution >= 4 is 210 Å². The third-order valence-corrected chi connectivity index (χ3v) is 19.6. The Morgan fingerprint density at radius 2 is 0.943 bits per heavy atom. The van der Waals surface area contributed by atoms with Crippen molar-refractivity contribution in [2.75, 3.05) is 99.1 Å². The first-order valence-corrected chi connectivity index (χ1v) is 36.1. The van der Waals surface area contributed by atoms with Crippen molar-refractivity contribution in [3.8, 4) is 0 Å². The van der Waals surface area contributed by atoms with Gasteiger partial charge in [0.2, 0.25) is 17.7 Å². The Kier molecular flexibility index (Phi) is 33.5. The molecule has 3 amide bonds. The summed E-state index contributed by atoms with van der Waals surface area (Å²) >= 11 is 63.3. The number of carbonyl (C=O) groups excluding carboxylic acids is 3. The number of halogens is 11. The SMILES string of the molecule is Cc1cc(N2CCN(C(=O)CCl)CC2)ccc1Cl.Cc1cc(N2CCN(C(=O)Cn3cc4ccc(Cl)cc4n3)CC2)ccc1Cl.Cc1cc(N2CCN(C(=O)Cn3ncc4ccc(Cl)nc43)CC2)ccc1Cl.Clc1ccc2cn[nH]c2n1.O=C(O)c1ccc(Cl)nc1Cl.OCc1ccc(Cl)nc1Cl.[B].[H-].[Na+]. The number of aromatic nitrogens is 10. The van der Waals surface area contributed by atoms with Crippen LogP contribution in [0.25, 0.3) is 33.0 Å². The van der Waals surface area contributed by atoms with E-state index in [9.17, 15) is 19.2 Å². The molecule has 11 aromatic rings. The first-order valence-electron chi connectivity index (χ1n) is 31.8. The third kappa shape index (κ3) is 24.4. The average Bonchev–Trinajstić information content (AvgIpc) is 1.64. The van der Waals surface area contributed by atoms with Crippen molar-refractivity contribution in [2.45, 2.75) is 40.5 Å². The van der Waals surface area contributed by atoms with Crippen molar-refractivity contribution in [1.29, 1.82) is 0 Å². The van der Waals surface area contributed by atoms with E-state index in [4.69, 9.17) is 138 Å². The second-order valence-corrected chi connectivity index (χ2v) is 27.6. The summed E-state index contributed by atoms with van der Waals surface area (Å²) in [6.07, 6.45) is 5.29. The second kappa shape index (κ2) is 41.1. The van der Waals surface area contributed by atoms with Gasteiger partial charge < -0.3 is 41.0 Å². The van der Waals surface area contributed by atoms with E-state index in [0.29, 0.717) is 57.9 Å². The summed E-state index contributed by atoms with van der Waals surface area (Å²) in [4.78, 5) is 75.1. The van der Waals surface area contributed by atoms with E-state index in [2.05, 4.69) is 73.2 Å². The number of aryl methyl sites for hydroxylation is 3. The minimum absolute atomic E-state index is 0. The van der Waals surface area contributed by atoms with Gasteiger partial charge in [0.05, 0.1) is 30.1 Å². The van der Waals surface area contributed by atoms with Gasteiger partial charge in [-0.25, -0.2) is 29.4 Å². The van der Waals surface area contributed by atoms with Crippen molar-refractivity contribution in [2.24, 2.45) is 0 Å². The normalized spacial score (nSPS) is 13.3. The number of carboxylic acids is 1. The predicted octanol–water partition coefficient (Wildman–Crippen LogP) is 12.2. The van der Waals surface area contributed by atoms with E-state index >= 15 is 0 Å². The molecule has 3 radical (unpaired) electrons. The van der Waals surface area contributed by atoms with Crippen LogP contribution in [0.15, 0.2) is 140 Å². The third-order valence-electron chi connectivity index (χ3n) is 16.5. The molecule has 105 heavy (non-hydrogen) atoms. The number of piperazine rings is 3. The summed E-state index contributed by atoms with van der Waals surface area (Å²) in [7, 11) is 0. The molecular formula is C70H68BCl11N16NaO6. The number of nitrogens with zero attached hydrogens (tertiary/aromatic N) is 15. The van der Waals surface area contributed by atoms with Crippen molar-refractivity contribution in [1.82, 2.24) is 64.4 Å². The van der Waals surface area contributed by atoms with Crippen LogP contribution in [0, 0.1) is 20.8 Å². The molecule has 0 saturated carbocycles. The van der Waals surface area contributed by atoms with E-state index in [1.54, 1.807) is 46.0 Å². The van der Waals surface area contributed by atoms with Crippen LogP contribution in [-0.2, 0) is 34.1 Å². The fourth-order valence-corrected chi connectivity index (χ4v) is 12.6. The van der Waals surface area contributed by atoms with E-state index in [0.717, 1.165) is 129 Å². The minimum Gasteiger partial charge on any atom is -1.00 e. The number of fused-ring (bicyclic) bond motifs is 3. The number of benzene rings is 4. The number of aliphatic hydroxyl groups is 1. The Bertz CT molecular complexity index is 4790. The molecule has 22 nitrogen and oxygen atoms in total. The Morgan fingerprint density at radius 1 is 0.495 bits per heavy atom. The summed E-state index contributed by atoms with van der Waals surface area (Å²) < 4.78 is 3.30. The van der Waals surface area contributed by atoms with Crippen LogP contribution in [0.5, 0.6) is 0 Å². The number of amides is 3. The molecule has 0 bridgehead atoms. The number of rotatable bonds is 10. The standard InChI is InChI=1S/C20H20Cl2N4O.C19H19Cl2N5O.C13H16Cl2N2O.C6H3Cl2NO2.C6H5Cl2NO.C6H4ClN3.B.Na.H/c1-14-10-17(4-5-18(14)22)24-6-8-25(9-7-24)20(27)13-26-12-15-2-3-16(21)11-19(15)23-26;1-13-10-15(3-4-16(13)20)24-6-8-25(9-7-24)18(27)12-26-19-14(11-22-26)2-5-17(21)23-19;1-10-8-11(2-3-12(10)15)16-4-6-17(7-5-16)13(18)9-14;7-4-2-1-3(6(10)11)5(8)9-4;7-5-2-1-4(3-10)6(8)9-5;7-5-2-1-4-3-8-10-6(4)9-5;;;/h2-5,10-12H,6-9,13H2,1H3;2-5,10-11H,6-9,12H2,1H3;2-3,8H,4-7,9H2,1H3;1-2H,(H,10,11);1-2,10H,3H2;1-3H,(H,8,9,10);;;/q;;;;;;;+1;-1. The average molecular weight is 1650 g/mol. The fourth-order valence-electron chi connectivity index (χ4n) is 10.8. The number of anilines is 3. The smallest absolute Gasteiger partial charge is 1.00 e. The molecule has 3 aliphatic rings. The number of nitrogens with one attached hydrogen (secondary N) is 1. The molecule has 0 spiro atoms. The van der Waals surface area contributed by atoms with Gasteiger partial charge in [-0.1, -0.05) is 122 Å². The van der Waals surface area contributed by atoms with Crippen LogP contribution in [0.1, 0.15) is 34.0 Å². The van der Waals surface area contributed by atoms with Crippen LogP contribution < -0.4 is 44.3 Å². The molecule has 3 saturated heterocycles. The molecule has 10 heterocycles. The number of H-pyrrole nitrogens is 1. The molecule has 0 aliphatic carbocycles. The zero-order valence-electron chi connectivity index (χ0n) is 58.1. The summed E-state index contributed by atoms with van der Waals surface area (Å²) in [6, 6.07) is 36.7. The molecule has 545 valence electrons. The van der Waals surface area contributed by atoms with Gasteiger partial charge in [-0.3, -0.25) is 24.2 Å². The first-order chi connectivity index (χ1) is 49.3. The number of hydrogen-bond donors (Lipinski definition) is 3. The summed E-state index contributed by atoms with van der Waals surface area (Å²) in [6.45, 7) is 15.4. The van der Waals surface area contributed by atoms with E-state index < -0.39 is 5.97 Å². The van der Waals surface area contributed by atoms with Gasteiger partial charge in [-0.15, -0.1) is 11.6 Å². The topological polar surface area (TPSA) is 244 Å². The maximum atomic E-state index is 12.7. The number of pyridine rings is 4. The van der Waals surface area contributed by atoms with Crippen LogP contribution in [0.2, 0.25) is 51.0 Å². The van der Waals surface area contributed by atoms with Gasteiger partial charge in [0.25, 0.3) is 0 Å². The van der Waals surface area contributed by atoms with Crippen LogP contribution in [-0.4, -0.2) is 191 Å². The molecule has 7 aromatic heterocycles. The van der Waals surface area contributed by atoms with Gasteiger partial charge in [0, 0.05) is 152 Å². The number of aliphatic hydroxyl groups excluding tert-OH is 1. The largest absolute Gasteiger partial charge is 1.00 e. The van der Waals surface area contributed by atoms with Gasteiger partial charge in [0.15, 0.2) is 11.3 Å². The van der Waals surface area contributed by atoms with Crippen LogP contribution in [0.3, 0.4) is 0 Å². The fraction of sp³-hybridized carbons (Fsp3) is 0.271. The Morgan fingerprint density at radius 3 is 1.42 bits per heavy atom. The molecule has 3 fully saturated rings. The molecule has 3 N–H and O–H groups in total. The van der Waals surface area contributed by atoms with Gasteiger partial charge in [0.1, 0.15) is 49.9 Å². The van der Waals surface area contributed by atoms with Crippen molar-refractivity contribution in [3.05, 3.63) is 219 Å². The minimum atomic E-state index is -1.11. The number of carbonyl (C=O) groups is 4. The maximum Gasteiger partial charge on any atom is 1.00 e. The van der Waals surface area contributed by atoms with E-state index in [1.807, 2.05) is 108 Å². The van der Waals surface area contributed by atoms with Gasteiger partial charge in [-0.2, -0.15) is 15.3 Å². The number of alkyl halides is 1. The van der Waals surface area contributed by atoms with E-state index in [1.165, 1.54) is 12.1 Å². The predicted molar refractivity (Wildman–Crippen MR) is 420 cm³/mol. The number of aromatic carboxylic acids is 1. The molecule has 0 atom stereocenters. The monoisotopic (exact) mass is 1650 g/mol. The number of aromatic amines is 1. The Labute approximate surface area is 686 Å². The van der Waals surface area contributed by atoms with Gasteiger partial charge >= 0.3 is 35.5 Å². The molecule has 3 aliphatic heterocycles. The zero-order valence-corrected chi connectivity index (χ0v) is 67.4. The Balaban J connectivity index is 0.000000208. The molecule has 35 heteroatoms. The molecule has 4 aromatic carbocycles. The first kappa shape index (κ1) is 85.6. The maximum absolute atomic E-state index is 12.7. The molecular weight excluding hydrogens is 1580 g/mol. The van der Waals surface area contributed by atoms with E-state index in [-0.39, 0.29) is 104 Å². The zero-order chi connectivity index (χ0) is 74.0. The molecule has 14 rings (SSSR count). The van der Waals surface area contributed by atoms with Crippen molar-refractivity contribution in [3.63, 3.8) is 0 Å². The quantitative estimate of drug-likeness (QED) is 0.0655. The van der Waals surface area contributed by atoms with Crippen LogP contribution in [0.4, 0.5) is 17.1 Å². The van der Waals surface area contributed by atoms with Gasteiger partial charge in [-0.05, 0) is 153 Å².